The molecule has 0 bridgehead atoms. The highest BCUT2D eigenvalue weighted by molar-refractivity contribution is 6.32. The van der Waals surface area contributed by atoms with Gasteiger partial charge in [0.2, 0.25) is 0 Å². The molecule has 8 nitrogen and oxygen atoms in total. The number of nitrogens with one attached hydrogen (secondary N) is 2. The van der Waals surface area contributed by atoms with E-state index in [4.69, 9.17) is 16.3 Å². The quantitative estimate of drug-likeness (QED) is 0.519. The molecule has 3 rings (SSSR count). The number of methoxy groups -OCH3 is 2. The number of rotatable bonds is 7. The summed E-state index contributed by atoms with van der Waals surface area (Å²) in [5.41, 5.74) is 4.98. The van der Waals surface area contributed by atoms with Crippen LogP contribution in [0.3, 0.4) is 0 Å². The van der Waals surface area contributed by atoms with Crippen molar-refractivity contribution in [3.8, 4) is 0 Å². The Balaban J connectivity index is 1.94. The summed E-state index contributed by atoms with van der Waals surface area (Å²) < 4.78 is 9.51. The topological polar surface area (TPSA) is 110 Å². The van der Waals surface area contributed by atoms with Gasteiger partial charge in [0, 0.05) is 5.56 Å². The summed E-state index contributed by atoms with van der Waals surface area (Å²) in [5.74, 6) is -1.65. The minimum absolute atomic E-state index is 0.0718. The molecule has 2 N–H and O–H groups in total. The van der Waals surface area contributed by atoms with Crippen LogP contribution in [0.1, 0.15) is 33.6 Å². The first kappa shape index (κ1) is 21.3. The number of amides is 1. The van der Waals surface area contributed by atoms with E-state index in [9.17, 15) is 14.4 Å². The van der Waals surface area contributed by atoms with Gasteiger partial charge in [-0.1, -0.05) is 41.9 Å². The van der Waals surface area contributed by atoms with Crippen molar-refractivity contribution in [3.63, 3.8) is 0 Å². The standard InChI is InChI=1S/C21H20ClN3O5/c1-29-17(26)11-14-18(21(28)30-2)16(23-19(14)22)10-13-15(24-25-20(13)27)9-8-12-6-4-3-5-7-12/h3-7,10,23H,8-9,11H2,1-2H3,(H,25,27). The zero-order chi connectivity index (χ0) is 21.7. The first-order valence-electron chi connectivity index (χ1n) is 9.13. The maximum atomic E-state index is 12.4. The summed E-state index contributed by atoms with van der Waals surface area (Å²) in [6.07, 6.45) is 2.48. The number of hydrogen-bond acceptors (Lipinski definition) is 6. The van der Waals surface area contributed by atoms with Crippen molar-refractivity contribution in [1.82, 2.24) is 10.4 Å². The van der Waals surface area contributed by atoms with Crippen molar-refractivity contribution < 1.29 is 23.9 Å². The van der Waals surface area contributed by atoms with Gasteiger partial charge in [0.25, 0.3) is 5.91 Å². The van der Waals surface area contributed by atoms with Crippen LogP contribution < -0.4 is 5.43 Å². The van der Waals surface area contributed by atoms with E-state index in [-0.39, 0.29) is 28.4 Å². The lowest BCUT2D eigenvalue weighted by Crippen LogP contribution is -2.14. The molecule has 9 heteroatoms. The van der Waals surface area contributed by atoms with E-state index in [0.717, 1.165) is 5.56 Å². The normalized spacial score (nSPS) is 14.4. The number of aromatic nitrogens is 1. The number of aromatic amines is 1. The van der Waals surface area contributed by atoms with E-state index in [1.54, 1.807) is 0 Å². The number of halogens is 1. The van der Waals surface area contributed by atoms with Crippen LogP contribution >= 0.6 is 11.6 Å². The third kappa shape index (κ3) is 4.60. The van der Waals surface area contributed by atoms with Gasteiger partial charge in [0.1, 0.15) is 5.15 Å². The molecule has 0 unspecified atom stereocenters. The lowest BCUT2D eigenvalue weighted by atomic mass is 10.00. The van der Waals surface area contributed by atoms with Crippen LogP contribution in [0.15, 0.2) is 41.0 Å². The number of esters is 2. The number of carbonyl (C=O) groups excluding carboxylic acids is 3. The minimum atomic E-state index is -0.690. The molecule has 1 amide bonds. The van der Waals surface area contributed by atoms with Crippen molar-refractivity contribution in [3.05, 3.63) is 63.4 Å². The summed E-state index contributed by atoms with van der Waals surface area (Å²) in [6.45, 7) is 0. The summed E-state index contributed by atoms with van der Waals surface area (Å²) in [7, 11) is 2.46. The van der Waals surface area contributed by atoms with Gasteiger partial charge in [0.15, 0.2) is 0 Å². The third-order valence-electron chi connectivity index (χ3n) is 4.65. The molecular weight excluding hydrogens is 410 g/mol. The maximum absolute atomic E-state index is 12.4. The first-order valence-corrected chi connectivity index (χ1v) is 9.50. The number of benzene rings is 1. The molecule has 0 atom stereocenters. The zero-order valence-electron chi connectivity index (χ0n) is 16.5. The van der Waals surface area contributed by atoms with Gasteiger partial charge in [0.05, 0.1) is 43.2 Å². The summed E-state index contributed by atoms with van der Waals surface area (Å²) in [6, 6.07) is 9.81. The van der Waals surface area contributed by atoms with Gasteiger partial charge in [-0.2, -0.15) is 5.10 Å². The summed E-state index contributed by atoms with van der Waals surface area (Å²) in [5, 5.41) is 4.20. The number of aryl methyl sites for hydroxylation is 1. The Morgan fingerprint density at radius 3 is 2.53 bits per heavy atom. The molecule has 0 saturated carbocycles. The van der Waals surface area contributed by atoms with Crippen LogP contribution in [0.25, 0.3) is 6.08 Å². The zero-order valence-corrected chi connectivity index (χ0v) is 17.2. The second-order valence-corrected chi connectivity index (χ2v) is 6.87. The van der Waals surface area contributed by atoms with Crippen LogP contribution in [0.4, 0.5) is 0 Å². The number of ether oxygens (including phenoxy) is 2. The Hall–Kier alpha value is -3.39. The Labute approximate surface area is 177 Å². The molecule has 1 aliphatic rings. The number of hydrazone groups is 1. The fourth-order valence-corrected chi connectivity index (χ4v) is 3.38. The lowest BCUT2D eigenvalue weighted by molar-refractivity contribution is -0.139. The second kappa shape index (κ2) is 9.41. The molecule has 0 saturated heterocycles. The van der Waals surface area contributed by atoms with Gasteiger partial charge in [-0.15, -0.1) is 0 Å². The van der Waals surface area contributed by atoms with Gasteiger partial charge in [-0.25, -0.2) is 10.2 Å². The number of hydrogen-bond donors (Lipinski definition) is 2. The fourth-order valence-electron chi connectivity index (χ4n) is 3.12. The largest absolute Gasteiger partial charge is 0.469 e. The number of H-pyrrole nitrogens is 1. The second-order valence-electron chi connectivity index (χ2n) is 6.49. The van der Waals surface area contributed by atoms with Crippen LogP contribution in [0.5, 0.6) is 0 Å². The van der Waals surface area contributed by atoms with Gasteiger partial charge < -0.3 is 14.5 Å². The molecule has 2 heterocycles. The smallest absolute Gasteiger partial charge is 0.340 e. The molecule has 1 aromatic carbocycles. The summed E-state index contributed by atoms with van der Waals surface area (Å²) in [4.78, 5) is 39.3. The molecule has 0 spiro atoms. The molecule has 2 aromatic rings. The molecule has 1 aliphatic heterocycles. The van der Waals surface area contributed by atoms with Crippen molar-refractivity contribution in [2.24, 2.45) is 5.10 Å². The van der Waals surface area contributed by atoms with Crippen LogP contribution in [-0.4, -0.2) is 42.8 Å². The van der Waals surface area contributed by atoms with E-state index in [1.807, 2.05) is 30.3 Å². The SMILES string of the molecule is COC(=O)Cc1c(Cl)[nH]c(C=C2C(=O)NN=C2CCc2ccccc2)c1C(=O)OC. The van der Waals surface area contributed by atoms with E-state index in [1.165, 1.54) is 20.3 Å². The maximum Gasteiger partial charge on any atom is 0.340 e. The predicted octanol–water partition coefficient (Wildman–Crippen LogP) is 2.67. The van der Waals surface area contributed by atoms with Crippen LogP contribution in [0.2, 0.25) is 5.15 Å². The van der Waals surface area contributed by atoms with Crippen molar-refractivity contribution >= 4 is 41.2 Å². The fraction of sp³-hybridized carbons (Fsp3) is 0.238. The highest BCUT2D eigenvalue weighted by Gasteiger charge is 2.28. The molecule has 1 aromatic heterocycles. The molecule has 0 fully saturated rings. The van der Waals surface area contributed by atoms with E-state index >= 15 is 0 Å². The average Bonchev–Trinajstić information content (AvgIpc) is 3.26. The van der Waals surface area contributed by atoms with Gasteiger partial charge >= 0.3 is 11.9 Å². The number of nitrogens with zero attached hydrogens (tertiary/aromatic N) is 1. The molecule has 30 heavy (non-hydrogen) atoms. The minimum Gasteiger partial charge on any atom is -0.469 e. The van der Waals surface area contributed by atoms with Crippen LogP contribution in [0, 0.1) is 0 Å². The highest BCUT2D eigenvalue weighted by atomic mass is 35.5. The van der Waals surface area contributed by atoms with Crippen LogP contribution in [-0.2, 0) is 31.9 Å². The summed E-state index contributed by atoms with van der Waals surface area (Å²) >= 11 is 6.22. The molecule has 156 valence electrons. The lowest BCUT2D eigenvalue weighted by Gasteiger charge is -2.05. The van der Waals surface area contributed by atoms with Gasteiger partial charge in [-0.3, -0.25) is 9.59 Å². The molecular formula is C21H20ClN3O5. The van der Waals surface area contributed by atoms with E-state index in [2.05, 4.69) is 20.2 Å². The first-order chi connectivity index (χ1) is 14.4. The molecule has 0 aliphatic carbocycles. The van der Waals surface area contributed by atoms with Crippen molar-refractivity contribution in [1.29, 1.82) is 0 Å². The average molecular weight is 430 g/mol. The Morgan fingerprint density at radius 2 is 1.87 bits per heavy atom. The highest BCUT2D eigenvalue weighted by Crippen LogP contribution is 2.28. The van der Waals surface area contributed by atoms with Crippen molar-refractivity contribution in [2.45, 2.75) is 19.3 Å². The third-order valence-corrected chi connectivity index (χ3v) is 4.97. The monoisotopic (exact) mass is 429 g/mol. The Kier molecular flexibility index (Phi) is 6.68. The Morgan fingerprint density at radius 1 is 1.13 bits per heavy atom. The van der Waals surface area contributed by atoms with E-state index in [0.29, 0.717) is 24.1 Å². The number of carbonyl (C=O) groups is 3. The predicted molar refractivity (Wildman–Crippen MR) is 111 cm³/mol. The van der Waals surface area contributed by atoms with Crippen molar-refractivity contribution in [2.75, 3.05) is 14.2 Å². The Bertz CT molecular complexity index is 1040. The van der Waals surface area contributed by atoms with E-state index < -0.39 is 17.8 Å². The molecule has 0 radical (unpaired) electrons. The van der Waals surface area contributed by atoms with Gasteiger partial charge in [-0.05, 0) is 24.5 Å².